The van der Waals surface area contributed by atoms with Crippen LogP contribution in [0.25, 0.3) is 11.0 Å². The number of carbonyl (C=O) groups excluding carboxylic acids is 1. The van der Waals surface area contributed by atoms with Crippen molar-refractivity contribution in [3.05, 3.63) is 66.1 Å². The smallest absolute Gasteiger partial charge is 0.232 e. The van der Waals surface area contributed by atoms with Gasteiger partial charge in [0.1, 0.15) is 23.3 Å². The molecule has 2 heterocycles. The van der Waals surface area contributed by atoms with Crippen LogP contribution < -0.4 is 15.4 Å². The van der Waals surface area contributed by atoms with E-state index in [9.17, 15) is 9.90 Å². The Morgan fingerprint density at radius 3 is 2.68 bits per heavy atom. The van der Waals surface area contributed by atoms with Gasteiger partial charge in [-0.2, -0.15) is 0 Å². The SMILES string of the molecule is CC(C)(CO)C(=O)Nc1cccc(Oc2ccc(Nc3ncnc4ccn(CCOCCO)c34)cc2Cl)c1. The normalized spacial score (nSPS) is 11.5. The number of halogens is 1. The molecule has 0 radical (unpaired) electrons. The van der Waals surface area contributed by atoms with E-state index in [4.69, 9.17) is 26.2 Å². The van der Waals surface area contributed by atoms with E-state index in [0.717, 1.165) is 11.0 Å². The van der Waals surface area contributed by atoms with Gasteiger partial charge in [0.2, 0.25) is 5.91 Å². The summed E-state index contributed by atoms with van der Waals surface area (Å²) in [5, 5.41) is 24.8. The summed E-state index contributed by atoms with van der Waals surface area (Å²) in [4.78, 5) is 21.1. The van der Waals surface area contributed by atoms with Crippen molar-refractivity contribution in [2.75, 3.05) is 37.1 Å². The topological polar surface area (TPSA) is 131 Å². The largest absolute Gasteiger partial charge is 0.456 e. The molecular weight excluding hydrogens is 510 g/mol. The molecule has 0 aliphatic carbocycles. The Hall–Kier alpha value is -3.70. The van der Waals surface area contributed by atoms with Crippen LogP contribution in [0.15, 0.2) is 61.1 Å². The minimum Gasteiger partial charge on any atom is -0.456 e. The van der Waals surface area contributed by atoms with Crippen molar-refractivity contribution in [2.24, 2.45) is 5.41 Å². The molecular formula is C27H30ClN5O5. The predicted molar refractivity (Wildman–Crippen MR) is 146 cm³/mol. The molecule has 0 aliphatic heterocycles. The van der Waals surface area contributed by atoms with Gasteiger partial charge < -0.3 is 34.9 Å². The maximum Gasteiger partial charge on any atom is 0.232 e. The molecule has 1 amide bonds. The number of nitrogens with one attached hydrogen (secondary N) is 2. The average molecular weight is 540 g/mol. The standard InChI is InChI=1S/C27H30ClN5O5/c1-27(2,16-35)26(36)32-18-4-3-5-20(14-18)38-23-7-6-19(15-21(23)28)31-25-24-22(29-17-30-25)8-9-33(24)10-12-37-13-11-34/h3-9,14-15,17,34-35H,10-13,16H2,1-2H3,(H,32,36)(H,29,30,31). The van der Waals surface area contributed by atoms with Crippen LogP contribution in [0.2, 0.25) is 5.02 Å². The van der Waals surface area contributed by atoms with Crippen molar-refractivity contribution in [1.29, 1.82) is 0 Å². The van der Waals surface area contributed by atoms with E-state index in [-0.39, 0.29) is 25.7 Å². The van der Waals surface area contributed by atoms with Crippen molar-refractivity contribution in [1.82, 2.24) is 14.5 Å². The molecule has 10 nitrogen and oxygen atoms in total. The molecule has 4 aromatic rings. The molecule has 0 atom stereocenters. The van der Waals surface area contributed by atoms with Crippen LogP contribution >= 0.6 is 11.6 Å². The number of aliphatic hydroxyl groups excluding tert-OH is 2. The van der Waals surface area contributed by atoms with Crippen molar-refractivity contribution >= 4 is 45.7 Å². The maximum atomic E-state index is 12.4. The first-order valence-electron chi connectivity index (χ1n) is 12.1. The monoisotopic (exact) mass is 539 g/mol. The molecule has 0 saturated carbocycles. The fraction of sp³-hybridized carbons (Fsp3) is 0.296. The number of hydrogen-bond acceptors (Lipinski definition) is 8. The Balaban J connectivity index is 1.47. The van der Waals surface area contributed by atoms with Gasteiger partial charge in [-0.1, -0.05) is 17.7 Å². The Kier molecular flexibility index (Phi) is 8.80. The molecule has 38 heavy (non-hydrogen) atoms. The van der Waals surface area contributed by atoms with Crippen LogP contribution in [-0.4, -0.2) is 57.1 Å². The molecule has 4 N–H and O–H groups in total. The molecule has 0 saturated heterocycles. The lowest BCUT2D eigenvalue weighted by Gasteiger charge is -2.20. The lowest BCUT2D eigenvalue weighted by molar-refractivity contribution is -0.125. The summed E-state index contributed by atoms with van der Waals surface area (Å²) in [7, 11) is 0. The number of anilines is 3. The summed E-state index contributed by atoms with van der Waals surface area (Å²) in [6.07, 6.45) is 3.40. The van der Waals surface area contributed by atoms with Gasteiger partial charge >= 0.3 is 0 Å². The Morgan fingerprint density at radius 1 is 1.08 bits per heavy atom. The summed E-state index contributed by atoms with van der Waals surface area (Å²) in [6.45, 7) is 4.35. The minimum atomic E-state index is -0.909. The quantitative estimate of drug-likeness (QED) is 0.192. The van der Waals surface area contributed by atoms with Crippen LogP contribution in [0.4, 0.5) is 17.2 Å². The summed E-state index contributed by atoms with van der Waals surface area (Å²) in [5.74, 6) is 1.24. The van der Waals surface area contributed by atoms with Gasteiger partial charge in [-0.15, -0.1) is 0 Å². The lowest BCUT2D eigenvalue weighted by atomic mass is 9.93. The van der Waals surface area contributed by atoms with Gasteiger partial charge in [-0.3, -0.25) is 4.79 Å². The Bertz CT molecular complexity index is 1410. The first kappa shape index (κ1) is 27.3. The van der Waals surface area contributed by atoms with E-state index in [1.807, 2.05) is 22.9 Å². The fourth-order valence-electron chi connectivity index (χ4n) is 3.57. The lowest BCUT2D eigenvalue weighted by Crippen LogP contribution is -2.33. The van der Waals surface area contributed by atoms with Crippen molar-refractivity contribution in [3.8, 4) is 11.5 Å². The third-order valence-corrected chi connectivity index (χ3v) is 6.08. The number of aliphatic hydroxyl groups is 2. The van der Waals surface area contributed by atoms with Crippen molar-refractivity contribution in [3.63, 3.8) is 0 Å². The van der Waals surface area contributed by atoms with E-state index < -0.39 is 5.41 Å². The highest BCUT2D eigenvalue weighted by molar-refractivity contribution is 6.32. The summed E-state index contributed by atoms with van der Waals surface area (Å²) >= 11 is 6.54. The molecule has 0 spiro atoms. The Labute approximate surface area is 225 Å². The second-order valence-corrected chi connectivity index (χ2v) is 9.60. The maximum absolute atomic E-state index is 12.4. The number of aromatic nitrogens is 3. The second kappa shape index (κ2) is 12.2. The van der Waals surface area contributed by atoms with Gasteiger partial charge in [0, 0.05) is 30.2 Å². The average Bonchev–Trinajstić information content (AvgIpc) is 3.32. The molecule has 2 aromatic carbocycles. The number of amides is 1. The highest BCUT2D eigenvalue weighted by Crippen LogP contribution is 2.34. The molecule has 0 unspecified atom stereocenters. The van der Waals surface area contributed by atoms with Crippen LogP contribution in [0.5, 0.6) is 11.5 Å². The highest BCUT2D eigenvalue weighted by Gasteiger charge is 2.26. The van der Waals surface area contributed by atoms with Gasteiger partial charge in [0.25, 0.3) is 0 Å². The predicted octanol–water partition coefficient (Wildman–Crippen LogP) is 4.59. The van der Waals surface area contributed by atoms with Crippen LogP contribution in [-0.2, 0) is 16.1 Å². The summed E-state index contributed by atoms with van der Waals surface area (Å²) < 4.78 is 13.3. The van der Waals surface area contributed by atoms with E-state index >= 15 is 0 Å². The number of ether oxygens (including phenoxy) is 2. The summed E-state index contributed by atoms with van der Waals surface area (Å²) in [6, 6.07) is 14.1. The molecule has 0 aliphatic rings. The number of hydrogen-bond donors (Lipinski definition) is 4. The van der Waals surface area contributed by atoms with E-state index in [1.165, 1.54) is 6.33 Å². The number of nitrogens with zero attached hydrogens (tertiary/aromatic N) is 3. The molecule has 4 rings (SSSR count). The van der Waals surface area contributed by atoms with Crippen molar-refractivity contribution in [2.45, 2.75) is 20.4 Å². The fourth-order valence-corrected chi connectivity index (χ4v) is 3.79. The third-order valence-electron chi connectivity index (χ3n) is 5.79. The van der Waals surface area contributed by atoms with Crippen LogP contribution in [0, 0.1) is 5.41 Å². The highest BCUT2D eigenvalue weighted by atomic mass is 35.5. The van der Waals surface area contributed by atoms with E-state index in [1.54, 1.807) is 50.2 Å². The molecule has 0 bridgehead atoms. The number of carbonyl (C=O) groups is 1. The minimum absolute atomic E-state index is 0.0201. The van der Waals surface area contributed by atoms with Gasteiger partial charge in [0.15, 0.2) is 5.82 Å². The van der Waals surface area contributed by atoms with E-state index in [2.05, 4.69) is 20.6 Å². The second-order valence-electron chi connectivity index (χ2n) is 9.20. The molecule has 2 aromatic heterocycles. The van der Waals surface area contributed by atoms with Crippen LogP contribution in [0.3, 0.4) is 0 Å². The van der Waals surface area contributed by atoms with Gasteiger partial charge in [-0.05, 0) is 50.2 Å². The van der Waals surface area contributed by atoms with Crippen molar-refractivity contribution < 1.29 is 24.5 Å². The number of rotatable bonds is 12. The molecule has 11 heteroatoms. The third kappa shape index (κ3) is 6.59. The van der Waals surface area contributed by atoms with Gasteiger partial charge in [0.05, 0.1) is 42.4 Å². The first-order chi connectivity index (χ1) is 18.3. The van der Waals surface area contributed by atoms with E-state index in [0.29, 0.717) is 46.9 Å². The zero-order valence-electron chi connectivity index (χ0n) is 21.1. The zero-order valence-corrected chi connectivity index (χ0v) is 21.9. The first-order valence-corrected chi connectivity index (χ1v) is 12.4. The van der Waals surface area contributed by atoms with Crippen LogP contribution in [0.1, 0.15) is 13.8 Å². The molecule has 0 fully saturated rings. The summed E-state index contributed by atoms with van der Waals surface area (Å²) in [5.41, 5.74) is 1.94. The zero-order chi connectivity index (χ0) is 27.1. The number of fused-ring (bicyclic) bond motifs is 1. The Morgan fingerprint density at radius 2 is 1.92 bits per heavy atom. The number of benzene rings is 2. The molecule has 200 valence electrons. The van der Waals surface area contributed by atoms with Gasteiger partial charge in [-0.25, -0.2) is 9.97 Å².